The molecule has 112 valence electrons. The highest BCUT2D eigenvalue weighted by atomic mass is 16.4. The fraction of sp³-hybridized carbons (Fsp3) is 0.429. The van der Waals surface area contributed by atoms with Crippen LogP contribution in [0.2, 0.25) is 0 Å². The smallest absolute Gasteiger partial charge is 0.305 e. The second kappa shape index (κ2) is 6.34. The molecule has 7 heteroatoms. The number of Topliss-reactive ketones (excluding diaryl/α,β-unsaturated/α-hetero) is 1. The van der Waals surface area contributed by atoms with Crippen molar-refractivity contribution in [3.8, 4) is 0 Å². The molecular weight excluding hydrogens is 272 g/mol. The Labute approximate surface area is 122 Å². The minimum Gasteiger partial charge on any atom is -0.481 e. The van der Waals surface area contributed by atoms with E-state index in [2.05, 4.69) is 10.3 Å². The van der Waals surface area contributed by atoms with Crippen LogP contribution in [-0.4, -0.2) is 45.4 Å². The zero-order valence-electron chi connectivity index (χ0n) is 12.1. The van der Waals surface area contributed by atoms with Crippen LogP contribution in [0.15, 0.2) is 18.2 Å². The average Bonchev–Trinajstić information content (AvgIpc) is 2.84. The number of hydrogen-bond donors (Lipinski definition) is 1. The van der Waals surface area contributed by atoms with E-state index in [1.807, 2.05) is 30.1 Å². The van der Waals surface area contributed by atoms with Gasteiger partial charge in [0, 0.05) is 25.7 Å². The third-order valence-electron chi connectivity index (χ3n) is 3.28. The number of carboxylic acids is 1. The van der Waals surface area contributed by atoms with Gasteiger partial charge in [0.1, 0.15) is 11.3 Å². The van der Waals surface area contributed by atoms with Gasteiger partial charge < -0.3 is 10.0 Å². The lowest BCUT2D eigenvalue weighted by Gasteiger charge is -2.18. The lowest BCUT2D eigenvalue weighted by atomic mass is 10.2. The summed E-state index contributed by atoms with van der Waals surface area (Å²) in [5, 5.41) is 16.8. The van der Waals surface area contributed by atoms with Gasteiger partial charge in [-0.05, 0) is 25.1 Å². The first-order chi connectivity index (χ1) is 9.97. The summed E-state index contributed by atoms with van der Waals surface area (Å²) in [7, 11) is 1.84. The monoisotopic (exact) mass is 290 g/mol. The Kier molecular flexibility index (Phi) is 4.52. The summed E-state index contributed by atoms with van der Waals surface area (Å²) >= 11 is 0. The van der Waals surface area contributed by atoms with Gasteiger partial charge in [0.25, 0.3) is 0 Å². The van der Waals surface area contributed by atoms with Crippen molar-refractivity contribution >= 4 is 28.5 Å². The molecule has 0 unspecified atom stereocenters. The van der Waals surface area contributed by atoms with Crippen LogP contribution in [0.4, 0.5) is 5.69 Å². The number of aromatic nitrogens is 3. The Morgan fingerprint density at radius 3 is 2.76 bits per heavy atom. The fourth-order valence-corrected chi connectivity index (χ4v) is 2.02. The summed E-state index contributed by atoms with van der Waals surface area (Å²) in [6, 6.07) is 5.66. The molecule has 1 heterocycles. The van der Waals surface area contributed by atoms with Gasteiger partial charge in [0.05, 0.1) is 18.5 Å². The standard InChI is InChI=1S/C14H18N4O3/c1-10(19)5-8-18-13-4-3-11(9-12(13)15-16-18)17(2)7-6-14(20)21/h3-4,9H,5-8H2,1-2H3,(H,20,21). The summed E-state index contributed by atoms with van der Waals surface area (Å²) < 4.78 is 1.71. The van der Waals surface area contributed by atoms with E-state index in [0.29, 0.717) is 19.5 Å². The van der Waals surface area contributed by atoms with Crippen LogP contribution in [-0.2, 0) is 16.1 Å². The molecule has 7 nitrogen and oxygen atoms in total. The first-order valence-electron chi connectivity index (χ1n) is 6.73. The van der Waals surface area contributed by atoms with E-state index in [9.17, 15) is 9.59 Å². The SMILES string of the molecule is CC(=O)CCn1nnc2cc(N(C)CCC(=O)O)ccc21. The zero-order valence-corrected chi connectivity index (χ0v) is 12.1. The average molecular weight is 290 g/mol. The Bertz CT molecular complexity index is 665. The van der Waals surface area contributed by atoms with Crippen molar-refractivity contribution in [1.29, 1.82) is 0 Å². The minimum atomic E-state index is -0.821. The van der Waals surface area contributed by atoms with Crippen molar-refractivity contribution < 1.29 is 14.7 Å². The largest absolute Gasteiger partial charge is 0.481 e. The second-order valence-electron chi connectivity index (χ2n) is 5.00. The molecule has 0 aliphatic carbocycles. The number of carboxylic acid groups (broad SMARTS) is 1. The van der Waals surface area contributed by atoms with Gasteiger partial charge in [-0.3, -0.25) is 9.59 Å². The van der Waals surface area contributed by atoms with Crippen LogP contribution >= 0.6 is 0 Å². The molecule has 0 aliphatic rings. The molecule has 0 bridgehead atoms. The minimum absolute atomic E-state index is 0.0832. The second-order valence-corrected chi connectivity index (χ2v) is 5.00. The quantitative estimate of drug-likeness (QED) is 0.827. The molecule has 2 rings (SSSR count). The highest BCUT2D eigenvalue weighted by Gasteiger charge is 2.09. The highest BCUT2D eigenvalue weighted by Crippen LogP contribution is 2.20. The number of fused-ring (bicyclic) bond motifs is 1. The number of carbonyl (C=O) groups excluding carboxylic acids is 1. The summed E-state index contributed by atoms with van der Waals surface area (Å²) in [6.07, 6.45) is 0.512. The van der Waals surface area contributed by atoms with Gasteiger partial charge in [-0.25, -0.2) is 4.68 Å². The topological polar surface area (TPSA) is 88.3 Å². The molecule has 0 aliphatic heterocycles. The van der Waals surface area contributed by atoms with E-state index < -0.39 is 5.97 Å². The molecule has 1 aromatic heterocycles. The molecule has 2 aromatic rings. The van der Waals surface area contributed by atoms with Crippen LogP contribution in [0.5, 0.6) is 0 Å². The molecule has 0 saturated heterocycles. The van der Waals surface area contributed by atoms with Crippen molar-refractivity contribution in [3.63, 3.8) is 0 Å². The number of ketones is 1. The number of aryl methyl sites for hydroxylation is 1. The van der Waals surface area contributed by atoms with Crippen LogP contribution < -0.4 is 4.90 Å². The molecule has 0 amide bonds. The molecule has 0 radical (unpaired) electrons. The van der Waals surface area contributed by atoms with Gasteiger partial charge in [-0.2, -0.15) is 0 Å². The molecule has 21 heavy (non-hydrogen) atoms. The van der Waals surface area contributed by atoms with Gasteiger partial charge in [-0.1, -0.05) is 5.21 Å². The predicted molar refractivity (Wildman–Crippen MR) is 78.3 cm³/mol. The number of aliphatic carboxylic acids is 1. The van der Waals surface area contributed by atoms with Crippen molar-refractivity contribution in [2.24, 2.45) is 0 Å². The highest BCUT2D eigenvalue weighted by molar-refractivity contribution is 5.79. The maximum Gasteiger partial charge on any atom is 0.305 e. The van der Waals surface area contributed by atoms with Crippen molar-refractivity contribution in [3.05, 3.63) is 18.2 Å². The van der Waals surface area contributed by atoms with Gasteiger partial charge in [-0.15, -0.1) is 5.10 Å². The number of benzene rings is 1. The number of rotatable bonds is 7. The Morgan fingerprint density at radius 2 is 2.10 bits per heavy atom. The lowest BCUT2D eigenvalue weighted by molar-refractivity contribution is -0.136. The first kappa shape index (κ1) is 15.0. The number of carbonyl (C=O) groups is 2. The zero-order chi connectivity index (χ0) is 15.4. The summed E-state index contributed by atoms with van der Waals surface area (Å²) in [5.41, 5.74) is 2.49. The van der Waals surface area contributed by atoms with Crippen LogP contribution in [0.1, 0.15) is 19.8 Å². The normalized spacial score (nSPS) is 10.8. The lowest BCUT2D eigenvalue weighted by Crippen LogP contribution is -2.20. The van der Waals surface area contributed by atoms with Gasteiger partial charge >= 0.3 is 5.97 Å². The fourth-order valence-electron chi connectivity index (χ4n) is 2.02. The molecule has 0 atom stereocenters. The van der Waals surface area contributed by atoms with E-state index in [-0.39, 0.29) is 12.2 Å². The molecular formula is C14H18N4O3. The van der Waals surface area contributed by atoms with E-state index >= 15 is 0 Å². The van der Waals surface area contributed by atoms with Gasteiger partial charge in [0.15, 0.2) is 0 Å². The van der Waals surface area contributed by atoms with E-state index in [0.717, 1.165) is 16.7 Å². The predicted octanol–water partition coefficient (Wildman–Crippen LogP) is 1.32. The van der Waals surface area contributed by atoms with Crippen molar-refractivity contribution in [2.45, 2.75) is 26.3 Å². The number of anilines is 1. The Hall–Kier alpha value is -2.44. The summed E-state index contributed by atoms with van der Waals surface area (Å²) in [4.78, 5) is 23.5. The van der Waals surface area contributed by atoms with Crippen LogP contribution in [0.3, 0.4) is 0 Å². The van der Waals surface area contributed by atoms with Crippen LogP contribution in [0.25, 0.3) is 11.0 Å². The molecule has 1 N–H and O–H groups in total. The maximum atomic E-state index is 11.0. The Morgan fingerprint density at radius 1 is 1.33 bits per heavy atom. The van der Waals surface area contributed by atoms with Crippen molar-refractivity contribution in [1.82, 2.24) is 15.0 Å². The maximum absolute atomic E-state index is 11.0. The first-order valence-corrected chi connectivity index (χ1v) is 6.73. The van der Waals surface area contributed by atoms with E-state index in [4.69, 9.17) is 5.11 Å². The van der Waals surface area contributed by atoms with Crippen molar-refractivity contribution in [2.75, 3.05) is 18.5 Å². The molecule has 0 spiro atoms. The van der Waals surface area contributed by atoms with E-state index in [1.54, 1.807) is 11.6 Å². The molecule has 1 aromatic carbocycles. The Balaban J connectivity index is 2.15. The third kappa shape index (κ3) is 3.77. The number of hydrogen-bond acceptors (Lipinski definition) is 5. The third-order valence-corrected chi connectivity index (χ3v) is 3.28. The molecule has 0 fully saturated rings. The van der Waals surface area contributed by atoms with Gasteiger partial charge in [0.2, 0.25) is 0 Å². The number of nitrogens with zero attached hydrogens (tertiary/aromatic N) is 4. The summed E-state index contributed by atoms with van der Waals surface area (Å²) in [6.45, 7) is 2.49. The van der Waals surface area contributed by atoms with E-state index in [1.165, 1.54) is 0 Å². The van der Waals surface area contributed by atoms with Crippen LogP contribution in [0, 0.1) is 0 Å². The molecule has 0 saturated carbocycles. The summed E-state index contributed by atoms with van der Waals surface area (Å²) in [5.74, 6) is -0.707.